The van der Waals surface area contributed by atoms with Gasteiger partial charge in [0.15, 0.2) is 0 Å². The van der Waals surface area contributed by atoms with Crippen LogP contribution in [0.2, 0.25) is 0 Å². The highest BCUT2D eigenvalue weighted by Crippen LogP contribution is 2.31. The molecular formula is C23H27N5O2S. The molecule has 0 aliphatic carbocycles. The van der Waals surface area contributed by atoms with Gasteiger partial charge in [-0.1, -0.05) is 18.2 Å². The van der Waals surface area contributed by atoms with Crippen molar-refractivity contribution in [2.75, 3.05) is 18.4 Å². The minimum absolute atomic E-state index is 0.0350. The molecule has 4 rings (SSSR count). The second-order valence-corrected chi connectivity index (χ2v) is 9.97. The number of anilines is 2. The summed E-state index contributed by atoms with van der Waals surface area (Å²) in [6.45, 7) is 6.77. The average molecular weight is 438 g/mol. The summed E-state index contributed by atoms with van der Waals surface area (Å²) in [4.78, 5) is 14.0. The minimum atomic E-state index is -3.51. The Morgan fingerprint density at radius 2 is 1.61 bits per heavy atom. The highest BCUT2D eigenvalue weighted by atomic mass is 32.2. The Balaban J connectivity index is 1.58. The number of rotatable bonds is 5. The standard InChI is InChI=1S/C23H27N5O2S/c1-16-12-17(2)26-23(25-16)27-20-13-18(3)24-22(14-20)19-8-7-11-28(15-19)31(29,30)21-9-5-4-6-10-21/h4-6,9-10,12-14,19H,7-8,11,15H2,1-3H3,(H,24,25,26,27)/t19-/m1/s1. The van der Waals surface area contributed by atoms with Crippen molar-refractivity contribution < 1.29 is 8.42 Å². The minimum Gasteiger partial charge on any atom is -0.324 e. The highest BCUT2D eigenvalue weighted by molar-refractivity contribution is 7.89. The molecule has 0 radical (unpaired) electrons. The van der Waals surface area contributed by atoms with Crippen molar-refractivity contribution in [3.63, 3.8) is 0 Å². The van der Waals surface area contributed by atoms with Crippen LogP contribution in [0.4, 0.5) is 11.6 Å². The van der Waals surface area contributed by atoms with Crippen LogP contribution < -0.4 is 5.32 Å². The summed E-state index contributed by atoms with van der Waals surface area (Å²) in [5.74, 6) is 0.582. The highest BCUT2D eigenvalue weighted by Gasteiger charge is 2.31. The van der Waals surface area contributed by atoms with Gasteiger partial charge in [-0.2, -0.15) is 4.31 Å². The maximum Gasteiger partial charge on any atom is 0.243 e. The fourth-order valence-electron chi connectivity index (χ4n) is 4.03. The third-order valence-electron chi connectivity index (χ3n) is 5.40. The second-order valence-electron chi connectivity index (χ2n) is 8.04. The van der Waals surface area contributed by atoms with Crippen LogP contribution in [0.5, 0.6) is 0 Å². The Bertz CT molecular complexity index is 1160. The van der Waals surface area contributed by atoms with Crippen molar-refractivity contribution in [3.05, 3.63) is 71.3 Å². The molecule has 3 aromatic rings. The number of aromatic nitrogens is 3. The van der Waals surface area contributed by atoms with Crippen LogP contribution in [-0.4, -0.2) is 40.8 Å². The van der Waals surface area contributed by atoms with E-state index in [9.17, 15) is 8.42 Å². The number of nitrogens with one attached hydrogen (secondary N) is 1. The SMILES string of the molecule is Cc1cc(Nc2nc(C)cc(C)n2)cc([C@@H]2CCCN(S(=O)(=O)c3ccccc3)C2)n1. The molecule has 8 heteroatoms. The molecule has 31 heavy (non-hydrogen) atoms. The quantitative estimate of drug-likeness (QED) is 0.646. The Labute approximate surface area is 183 Å². The Hall–Kier alpha value is -2.84. The van der Waals surface area contributed by atoms with E-state index in [2.05, 4.69) is 15.3 Å². The molecule has 0 unspecified atom stereocenters. The molecule has 0 bridgehead atoms. The molecule has 1 aromatic carbocycles. The predicted octanol–water partition coefficient (Wildman–Crippen LogP) is 4.11. The van der Waals surface area contributed by atoms with Crippen molar-refractivity contribution in [2.45, 2.75) is 44.4 Å². The molecule has 0 spiro atoms. The normalized spacial score (nSPS) is 17.5. The van der Waals surface area contributed by atoms with Crippen LogP contribution in [0.3, 0.4) is 0 Å². The van der Waals surface area contributed by atoms with Gasteiger partial charge in [0.25, 0.3) is 0 Å². The Morgan fingerprint density at radius 1 is 0.935 bits per heavy atom. The number of aryl methyl sites for hydroxylation is 3. The largest absolute Gasteiger partial charge is 0.324 e. The first-order chi connectivity index (χ1) is 14.8. The van der Waals surface area contributed by atoms with Gasteiger partial charge >= 0.3 is 0 Å². The molecule has 1 fully saturated rings. The zero-order valence-corrected chi connectivity index (χ0v) is 18.9. The maximum atomic E-state index is 13.1. The van der Waals surface area contributed by atoms with E-state index in [1.165, 1.54) is 0 Å². The molecule has 0 saturated carbocycles. The summed E-state index contributed by atoms with van der Waals surface area (Å²) >= 11 is 0. The van der Waals surface area contributed by atoms with Gasteiger partial charge in [-0.15, -0.1) is 0 Å². The van der Waals surface area contributed by atoms with Gasteiger partial charge in [-0.05, 0) is 63.9 Å². The fraction of sp³-hybridized carbons (Fsp3) is 0.348. The van der Waals surface area contributed by atoms with E-state index >= 15 is 0 Å². The Morgan fingerprint density at radius 3 is 2.32 bits per heavy atom. The number of sulfonamides is 1. The van der Waals surface area contributed by atoms with Gasteiger partial charge in [0.1, 0.15) is 0 Å². The van der Waals surface area contributed by atoms with E-state index < -0.39 is 10.0 Å². The average Bonchev–Trinajstić information content (AvgIpc) is 2.73. The van der Waals surface area contributed by atoms with E-state index in [0.29, 0.717) is 23.9 Å². The topological polar surface area (TPSA) is 88.1 Å². The molecular weight excluding hydrogens is 410 g/mol. The summed E-state index contributed by atoms with van der Waals surface area (Å²) in [5, 5.41) is 3.28. The number of benzene rings is 1. The second kappa shape index (κ2) is 8.72. The van der Waals surface area contributed by atoms with Gasteiger partial charge in [0, 0.05) is 47.5 Å². The molecule has 1 saturated heterocycles. The summed E-state index contributed by atoms with van der Waals surface area (Å²) in [6, 6.07) is 14.5. The van der Waals surface area contributed by atoms with Crippen LogP contribution in [0.15, 0.2) is 53.4 Å². The molecule has 2 aromatic heterocycles. The van der Waals surface area contributed by atoms with Gasteiger partial charge < -0.3 is 5.32 Å². The molecule has 1 aliphatic heterocycles. The van der Waals surface area contributed by atoms with Crippen molar-refractivity contribution in [1.29, 1.82) is 0 Å². The first kappa shape index (κ1) is 21.4. The smallest absolute Gasteiger partial charge is 0.243 e. The number of piperidine rings is 1. The first-order valence-electron chi connectivity index (χ1n) is 10.4. The lowest BCUT2D eigenvalue weighted by Gasteiger charge is -2.32. The molecule has 7 nitrogen and oxygen atoms in total. The van der Waals surface area contributed by atoms with Gasteiger partial charge in [0.05, 0.1) is 4.90 Å². The number of nitrogens with zero attached hydrogens (tertiary/aromatic N) is 4. The van der Waals surface area contributed by atoms with Crippen LogP contribution >= 0.6 is 0 Å². The van der Waals surface area contributed by atoms with Crippen molar-refractivity contribution in [1.82, 2.24) is 19.3 Å². The van der Waals surface area contributed by atoms with Crippen LogP contribution in [0.1, 0.15) is 41.5 Å². The third kappa shape index (κ3) is 4.91. The third-order valence-corrected chi connectivity index (χ3v) is 7.27. The lowest BCUT2D eigenvalue weighted by Crippen LogP contribution is -2.39. The summed E-state index contributed by atoms with van der Waals surface area (Å²) in [5.41, 5.74) is 4.41. The molecule has 1 atom stereocenters. The summed E-state index contributed by atoms with van der Waals surface area (Å²) in [7, 11) is -3.51. The number of hydrogen-bond acceptors (Lipinski definition) is 6. The van der Waals surface area contributed by atoms with Crippen LogP contribution in [0.25, 0.3) is 0 Å². The van der Waals surface area contributed by atoms with Gasteiger partial charge in [-0.25, -0.2) is 18.4 Å². The van der Waals surface area contributed by atoms with Crippen molar-refractivity contribution in [2.24, 2.45) is 0 Å². The van der Waals surface area contributed by atoms with E-state index in [0.717, 1.165) is 41.3 Å². The zero-order chi connectivity index (χ0) is 22.0. The van der Waals surface area contributed by atoms with Crippen molar-refractivity contribution in [3.8, 4) is 0 Å². The summed E-state index contributed by atoms with van der Waals surface area (Å²) in [6.07, 6.45) is 1.70. The fourth-order valence-corrected chi connectivity index (χ4v) is 5.58. The predicted molar refractivity (Wildman–Crippen MR) is 121 cm³/mol. The maximum absolute atomic E-state index is 13.1. The lowest BCUT2D eigenvalue weighted by molar-refractivity contribution is 0.312. The van der Waals surface area contributed by atoms with Gasteiger partial charge in [-0.3, -0.25) is 4.98 Å². The number of pyridine rings is 1. The number of hydrogen-bond donors (Lipinski definition) is 1. The van der Waals surface area contributed by atoms with E-state index in [1.807, 2.05) is 45.0 Å². The zero-order valence-electron chi connectivity index (χ0n) is 18.0. The molecule has 1 aliphatic rings. The molecule has 1 N–H and O–H groups in total. The molecule has 162 valence electrons. The monoisotopic (exact) mass is 437 g/mol. The van der Waals surface area contributed by atoms with Crippen molar-refractivity contribution >= 4 is 21.7 Å². The molecule has 0 amide bonds. The molecule has 3 heterocycles. The van der Waals surface area contributed by atoms with Crippen LogP contribution in [0, 0.1) is 20.8 Å². The van der Waals surface area contributed by atoms with Crippen LogP contribution in [-0.2, 0) is 10.0 Å². The van der Waals surface area contributed by atoms with E-state index in [4.69, 9.17) is 4.98 Å². The van der Waals surface area contributed by atoms with E-state index in [1.54, 1.807) is 28.6 Å². The first-order valence-corrected chi connectivity index (χ1v) is 11.9. The lowest BCUT2D eigenvalue weighted by atomic mass is 9.95. The Kier molecular flexibility index (Phi) is 6.02. The van der Waals surface area contributed by atoms with E-state index in [-0.39, 0.29) is 5.92 Å². The van der Waals surface area contributed by atoms with Gasteiger partial charge in [0.2, 0.25) is 16.0 Å². The summed E-state index contributed by atoms with van der Waals surface area (Å²) < 4.78 is 27.7.